The predicted octanol–water partition coefficient (Wildman–Crippen LogP) is 3.96. The number of pyridine rings is 1. The van der Waals surface area contributed by atoms with E-state index in [9.17, 15) is 4.79 Å². The smallest absolute Gasteiger partial charge is 0.341 e. The Morgan fingerprint density at radius 1 is 1.44 bits per heavy atom. The fourth-order valence-corrected chi connectivity index (χ4v) is 2.48. The summed E-state index contributed by atoms with van der Waals surface area (Å²) in [6.07, 6.45) is 0. The average molecular weight is 329 g/mol. The summed E-state index contributed by atoms with van der Waals surface area (Å²) in [5, 5.41) is 1.60. The fourth-order valence-electron chi connectivity index (χ4n) is 1.73. The molecule has 0 aliphatic rings. The Labute approximate surface area is 118 Å². The molecule has 0 unspecified atom stereocenters. The number of ether oxygens (including phenoxy) is 1. The quantitative estimate of drug-likeness (QED) is 0.632. The zero-order chi connectivity index (χ0) is 13.1. The van der Waals surface area contributed by atoms with Gasteiger partial charge in [0.1, 0.15) is 5.56 Å². The van der Waals surface area contributed by atoms with Crippen molar-refractivity contribution in [3.8, 4) is 0 Å². The first-order chi connectivity index (χ1) is 8.69. The Morgan fingerprint density at radius 2 is 2.17 bits per heavy atom. The molecule has 0 radical (unpaired) electrons. The highest BCUT2D eigenvalue weighted by Crippen LogP contribution is 2.29. The second kappa shape index (κ2) is 5.67. The lowest BCUT2D eigenvalue weighted by Crippen LogP contribution is -2.10. The van der Waals surface area contributed by atoms with Crippen LogP contribution in [0, 0.1) is 0 Å². The maximum Gasteiger partial charge on any atom is 0.341 e. The molecule has 2 aromatic rings. The molecule has 0 saturated carbocycles. The zero-order valence-corrected chi connectivity index (χ0v) is 12.1. The predicted molar refractivity (Wildman–Crippen MR) is 75.3 cm³/mol. The number of para-hydroxylation sites is 1. The largest absolute Gasteiger partial charge is 0.462 e. The molecule has 5 heteroatoms. The van der Waals surface area contributed by atoms with Gasteiger partial charge in [-0.05, 0) is 13.0 Å². The minimum absolute atomic E-state index is 0.309. The maximum atomic E-state index is 11.9. The highest BCUT2D eigenvalue weighted by Gasteiger charge is 2.20. The number of benzene rings is 1. The van der Waals surface area contributed by atoms with Crippen LogP contribution in [0.15, 0.2) is 24.3 Å². The van der Waals surface area contributed by atoms with Crippen LogP contribution < -0.4 is 0 Å². The summed E-state index contributed by atoms with van der Waals surface area (Å²) >= 11 is 9.61. The molecule has 0 spiro atoms. The number of alkyl halides is 1. The van der Waals surface area contributed by atoms with Crippen molar-refractivity contribution < 1.29 is 9.53 Å². The van der Waals surface area contributed by atoms with E-state index in [1.807, 2.05) is 24.3 Å². The van der Waals surface area contributed by atoms with Crippen LogP contribution in [0.5, 0.6) is 0 Å². The number of halogens is 2. The molecule has 0 saturated heterocycles. The third kappa shape index (κ3) is 2.35. The van der Waals surface area contributed by atoms with Crippen LogP contribution in [-0.2, 0) is 10.1 Å². The monoisotopic (exact) mass is 327 g/mol. The summed E-state index contributed by atoms with van der Waals surface area (Å²) in [5.41, 5.74) is 1.70. The number of rotatable bonds is 3. The van der Waals surface area contributed by atoms with Gasteiger partial charge in [-0.3, -0.25) is 4.98 Å². The number of aromatic nitrogens is 1. The highest BCUT2D eigenvalue weighted by atomic mass is 79.9. The first kappa shape index (κ1) is 13.3. The van der Waals surface area contributed by atoms with Gasteiger partial charge in [0.05, 0.1) is 22.8 Å². The molecule has 0 atom stereocenters. The number of nitrogens with zero attached hydrogens (tertiary/aromatic N) is 1. The van der Waals surface area contributed by atoms with Crippen molar-refractivity contribution in [1.29, 1.82) is 0 Å². The van der Waals surface area contributed by atoms with Gasteiger partial charge in [-0.25, -0.2) is 4.79 Å². The lowest BCUT2D eigenvalue weighted by molar-refractivity contribution is 0.0525. The van der Waals surface area contributed by atoms with Crippen LogP contribution in [0.2, 0.25) is 5.02 Å². The van der Waals surface area contributed by atoms with Crippen molar-refractivity contribution in [2.45, 2.75) is 12.3 Å². The van der Waals surface area contributed by atoms with Crippen LogP contribution >= 0.6 is 27.5 Å². The van der Waals surface area contributed by atoms with Gasteiger partial charge in [0.15, 0.2) is 0 Å². The van der Waals surface area contributed by atoms with E-state index < -0.39 is 5.97 Å². The van der Waals surface area contributed by atoms with Crippen molar-refractivity contribution in [2.75, 3.05) is 6.61 Å². The number of esters is 1. The Kier molecular flexibility index (Phi) is 4.19. The second-order valence-corrected chi connectivity index (χ2v) is 4.56. The molecule has 3 nitrogen and oxygen atoms in total. The molecular formula is C13H11BrClNO2. The summed E-state index contributed by atoms with van der Waals surface area (Å²) in [6, 6.07) is 7.44. The van der Waals surface area contributed by atoms with Crippen molar-refractivity contribution in [1.82, 2.24) is 4.98 Å². The van der Waals surface area contributed by atoms with Gasteiger partial charge in [0.2, 0.25) is 0 Å². The van der Waals surface area contributed by atoms with Crippen molar-refractivity contribution in [2.24, 2.45) is 0 Å². The molecule has 0 amide bonds. The normalized spacial score (nSPS) is 10.6. The molecule has 0 bridgehead atoms. The minimum atomic E-state index is -0.435. The molecule has 2 rings (SSSR count). The number of fused-ring (bicyclic) bond motifs is 1. The standard InChI is InChI=1S/C13H11BrClNO2/c1-2-18-13(17)11-10(7-14)16-9-6-4-3-5-8(9)12(11)15/h3-6H,2,7H2,1H3. The molecule has 0 aliphatic carbocycles. The van der Waals surface area contributed by atoms with E-state index in [1.54, 1.807) is 6.92 Å². The first-order valence-corrected chi connectivity index (χ1v) is 6.99. The minimum Gasteiger partial charge on any atom is -0.462 e. The van der Waals surface area contributed by atoms with Crippen LogP contribution in [0.1, 0.15) is 23.0 Å². The molecule has 1 aromatic heterocycles. The van der Waals surface area contributed by atoms with Gasteiger partial charge in [-0.2, -0.15) is 0 Å². The lowest BCUT2D eigenvalue weighted by atomic mass is 10.1. The Bertz CT molecular complexity index is 601. The average Bonchev–Trinajstić information content (AvgIpc) is 2.38. The third-order valence-electron chi connectivity index (χ3n) is 2.51. The molecule has 1 heterocycles. The van der Waals surface area contributed by atoms with Crippen LogP contribution in [-0.4, -0.2) is 17.6 Å². The van der Waals surface area contributed by atoms with Gasteiger partial charge >= 0.3 is 5.97 Å². The molecule has 1 aromatic carbocycles. The molecular weight excluding hydrogens is 318 g/mol. The molecule has 0 N–H and O–H groups in total. The summed E-state index contributed by atoms with van der Waals surface area (Å²) in [4.78, 5) is 16.3. The number of hydrogen-bond acceptors (Lipinski definition) is 3. The van der Waals surface area contributed by atoms with E-state index in [4.69, 9.17) is 16.3 Å². The maximum absolute atomic E-state index is 11.9. The van der Waals surface area contributed by atoms with E-state index in [-0.39, 0.29) is 0 Å². The number of carbonyl (C=O) groups excluding carboxylic acids is 1. The van der Waals surface area contributed by atoms with E-state index in [2.05, 4.69) is 20.9 Å². The van der Waals surface area contributed by atoms with E-state index in [0.29, 0.717) is 28.2 Å². The van der Waals surface area contributed by atoms with E-state index in [1.165, 1.54) is 0 Å². The summed E-state index contributed by atoms with van der Waals surface area (Å²) in [6.45, 7) is 2.07. The van der Waals surface area contributed by atoms with Crippen LogP contribution in [0.4, 0.5) is 0 Å². The van der Waals surface area contributed by atoms with Crippen molar-refractivity contribution in [3.63, 3.8) is 0 Å². The topological polar surface area (TPSA) is 39.2 Å². The zero-order valence-electron chi connectivity index (χ0n) is 9.74. The fraction of sp³-hybridized carbons (Fsp3) is 0.231. The lowest BCUT2D eigenvalue weighted by Gasteiger charge is -2.10. The molecule has 94 valence electrons. The van der Waals surface area contributed by atoms with Crippen LogP contribution in [0.25, 0.3) is 10.9 Å². The van der Waals surface area contributed by atoms with Gasteiger partial charge < -0.3 is 4.74 Å². The number of carbonyl (C=O) groups is 1. The number of hydrogen-bond donors (Lipinski definition) is 0. The molecule has 0 fully saturated rings. The van der Waals surface area contributed by atoms with Gasteiger partial charge in [0, 0.05) is 10.7 Å². The Hall–Kier alpha value is -1.13. The summed E-state index contributed by atoms with van der Waals surface area (Å²) < 4.78 is 5.02. The summed E-state index contributed by atoms with van der Waals surface area (Å²) in [7, 11) is 0. The van der Waals surface area contributed by atoms with Gasteiger partial charge in [-0.15, -0.1) is 0 Å². The van der Waals surface area contributed by atoms with E-state index >= 15 is 0 Å². The second-order valence-electron chi connectivity index (χ2n) is 3.62. The van der Waals surface area contributed by atoms with Crippen molar-refractivity contribution in [3.05, 3.63) is 40.5 Å². The Balaban J connectivity index is 2.70. The van der Waals surface area contributed by atoms with Gasteiger partial charge in [-0.1, -0.05) is 45.7 Å². The Morgan fingerprint density at radius 3 is 2.83 bits per heavy atom. The highest BCUT2D eigenvalue weighted by molar-refractivity contribution is 9.08. The first-order valence-electron chi connectivity index (χ1n) is 5.49. The van der Waals surface area contributed by atoms with Crippen molar-refractivity contribution >= 4 is 44.4 Å². The van der Waals surface area contributed by atoms with E-state index in [0.717, 1.165) is 10.9 Å². The molecule has 18 heavy (non-hydrogen) atoms. The molecule has 0 aliphatic heterocycles. The summed E-state index contributed by atoms with van der Waals surface area (Å²) in [5.74, 6) is -0.435. The SMILES string of the molecule is CCOC(=O)c1c(CBr)nc2ccccc2c1Cl. The van der Waals surface area contributed by atoms with Crippen LogP contribution in [0.3, 0.4) is 0 Å². The van der Waals surface area contributed by atoms with Gasteiger partial charge in [0.25, 0.3) is 0 Å². The third-order valence-corrected chi connectivity index (χ3v) is 3.43.